The molecule has 8 heteroatoms. The zero-order valence-corrected chi connectivity index (χ0v) is 21.3. The maximum Gasteiger partial charge on any atom is 0.190 e. The summed E-state index contributed by atoms with van der Waals surface area (Å²) in [5.74, 6) is -1.70. The zero-order valence-electron chi connectivity index (χ0n) is 21.3. The largest absolute Gasteiger partial charge is 0.394 e. The fraction of sp³-hybridized carbons (Fsp3) is 0.571. The second-order valence-corrected chi connectivity index (χ2v) is 10.8. The number of hydrogen-bond acceptors (Lipinski definition) is 8. The number of aliphatic hydroxyl groups is 2. The second-order valence-electron chi connectivity index (χ2n) is 10.8. The van der Waals surface area contributed by atoms with Crippen molar-refractivity contribution in [3.63, 3.8) is 0 Å². The SMILES string of the molecule is CC1(C)O[C@@H]2[C@H](O1)[C@H]1OC(C)(C)O[C@H]1O[C@@H]2[C@@H]([C@@H](O)CO)N(Cc1ccccc1)Cc1ccccc1. The van der Waals surface area contributed by atoms with E-state index in [-0.39, 0.29) is 0 Å². The van der Waals surface area contributed by atoms with Crippen molar-refractivity contribution in [3.8, 4) is 0 Å². The van der Waals surface area contributed by atoms with E-state index in [1.54, 1.807) is 0 Å². The van der Waals surface area contributed by atoms with Crippen molar-refractivity contribution >= 4 is 0 Å². The molecule has 0 bridgehead atoms. The van der Waals surface area contributed by atoms with Gasteiger partial charge in [-0.15, -0.1) is 0 Å². The van der Waals surface area contributed by atoms with E-state index in [0.29, 0.717) is 13.1 Å². The Morgan fingerprint density at radius 2 is 1.25 bits per heavy atom. The molecule has 3 aliphatic rings. The van der Waals surface area contributed by atoms with Gasteiger partial charge in [-0.1, -0.05) is 60.7 Å². The van der Waals surface area contributed by atoms with Gasteiger partial charge < -0.3 is 33.9 Å². The van der Waals surface area contributed by atoms with E-state index in [9.17, 15) is 10.2 Å². The first-order valence-corrected chi connectivity index (χ1v) is 12.6. The van der Waals surface area contributed by atoms with Gasteiger partial charge in [-0.3, -0.25) is 4.90 Å². The van der Waals surface area contributed by atoms with Crippen molar-refractivity contribution in [1.82, 2.24) is 4.90 Å². The molecule has 196 valence electrons. The Morgan fingerprint density at radius 1 is 0.750 bits per heavy atom. The van der Waals surface area contributed by atoms with Gasteiger partial charge in [0.15, 0.2) is 17.9 Å². The number of benzene rings is 2. The van der Waals surface area contributed by atoms with Crippen molar-refractivity contribution < 1.29 is 33.9 Å². The van der Waals surface area contributed by atoms with Gasteiger partial charge in [-0.2, -0.15) is 0 Å². The third-order valence-electron chi connectivity index (χ3n) is 6.99. The number of ether oxygens (including phenoxy) is 5. The summed E-state index contributed by atoms with van der Waals surface area (Å²) >= 11 is 0. The van der Waals surface area contributed by atoms with E-state index >= 15 is 0 Å². The average molecular weight is 500 g/mol. The molecule has 0 spiro atoms. The molecular weight excluding hydrogens is 462 g/mol. The van der Waals surface area contributed by atoms with Gasteiger partial charge in [-0.25, -0.2) is 0 Å². The van der Waals surface area contributed by atoms with Crippen LogP contribution >= 0.6 is 0 Å². The molecule has 3 aliphatic heterocycles. The molecule has 5 rings (SSSR count). The summed E-state index contributed by atoms with van der Waals surface area (Å²) in [7, 11) is 0. The second kappa shape index (κ2) is 10.1. The number of fused-ring (bicyclic) bond motifs is 3. The highest BCUT2D eigenvalue weighted by Gasteiger charge is 2.62. The predicted molar refractivity (Wildman–Crippen MR) is 132 cm³/mol. The highest BCUT2D eigenvalue weighted by Crippen LogP contribution is 2.45. The first kappa shape index (κ1) is 25.8. The number of nitrogens with zero attached hydrogens (tertiary/aromatic N) is 1. The molecule has 3 fully saturated rings. The lowest BCUT2D eigenvalue weighted by molar-refractivity contribution is -0.255. The quantitative estimate of drug-likeness (QED) is 0.573. The van der Waals surface area contributed by atoms with E-state index in [2.05, 4.69) is 29.2 Å². The Labute approximate surface area is 212 Å². The first-order valence-electron chi connectivity index (χ1n) is 12.6. The van der Waals surface area contributed by atoms with E-state index < -0.39 is 61.0 Å². The Balaban J connectivity index is 1.52. The number of aliphatic hydroxyl groups excluding tert-OH is 2. The van der Waals surface area contributed by atoms with E-state index in [4.69, 9.17) is 23.7 Å². The number of hydrogen-bond donors (Lipinski definition) is 2. The minimum absolute atomic E-state index is 0.427. The molecule has 36 heavy (non-hydrogen) atoms. The summed E-state index contributed by atoms with van der Waals surface area (Å²) < 4.78 is 31.4. The molecule has 2 aromatic rings. The summed E-state index contributed by atoms with van der Waals surface area (Å²) in [6.07, 6.45) is -3.88. The molecule has 0 saturated carbocycles. The van der Waals surface area contributed by atoms with Crippen molar-refractivity contribution in [1.29, 1.82) is 0 Å². The summed E-state index contributed by atoms with van der Waals surface area (Å²) in [4.78, 5) is 2.14. The van der Waals surface area contributed by atoms with Crippen LogP contribution in [0.1, 0.15) is 38.8 Å². The molecular formula is C28H37NO7. The first-order chi connectivity index (χ1) is 17.2. The molecule has 2 N–H and O–H groups in total. The van der Waals surface area contributed by atoms with Crippen molar-refractivity contribution in [3.05, 3.63) is 71.8 Å². The lowest BCUT2D eigenvalue weighted by atomic mass is 9.90. The highest BCUT2D eigenvalue weighted by molar-refractivity contribution is 5.18. The molecule has 0 amide bonds. The van der Waals surface area contributed by atoms with E-state index in [1.807, 2.05) is 64.1 Å². The highest BCUT2D eigenvalue weighted by atomic mass is 16.9. The summed E-state index contributed by atoms with van der Waals surface area (Å²) in [5, 5.41) is 21.4. The molecule has 3 heterocycles. The Kier molecular flexibility index (Phi) is 7.24. The minimum atomic E-state index is -1.10. The van der Waals surface area contributed by atoms with E-state index in [1.165, 1.54) is 0 Å². The van der Waals surface area contributed by atoms with Crippen LogP contribution in [0.4, 0.5) is 0 Å². The van der Waals surface area contributed by atoms with Crippen LogP contribution in [0.3, 0.4) is 0 Å². The molecule has 0 aliphatic carbocycles. The summed E-state index contributed by atoms with van der Waals surface area (Å²) in [5.41, 5.74) is 2.17. The topological polar surface area (TPSA) is 89.9 Å². The van der Waals surface area contributed by atoms with Crippen LogP contribution in [0, 0.1) is 0 Å². The normalized spacial score (nSPS) is 32.1. The molecule has 8 nitrogen and oxygen atoms in total. The van der Waals surface area contributed by atoms with Crippen LogP contribution < -0.4 is 0 Å². The predicted octanol–water partition coefficient (Wildman–Crippen LogP) is 2.81. The van der Waals surface area contributed by atoms with Crippen molar-refractivity contribution in [2.75, 3.05) is 6.61 Å². The number of rotatable bonds is 8. The van der Waals surface area contributed by atoms with Crippen molar-refractivity contribution in [2.45, 2.75) is 95.2 Å². The van der Waals surface area contributed by atoms with Gasteiger partial charge in [0.05, 0.1) is 18.8 Å². The van der Waals surface area contributed by atoms with Gasteiger partial charge in [-0.05, 0) is 38.8 Å². The Bertz CT molecular complexity index is 960. The van der Waals surface area contributed by atoms with Crippen LogP contribution in [0.5, 0.6) is 0 Å². The fourth-order valence-corrected chi connectivity index (χ4v) is 5.60. The Hall–Kier alpha value is -1.88. The van der Waals surface area contributed by atoms with Gasteiger partial charge in [0.1, 0.15) is 24.4 Å². The summed E-state index contributed by atoms with van der Waals surface area (Å²) in [6, 6.07) is 19.5. The molecule has 0 radical (unpaired) electrons. The van der Waals surface area contributed by atoms with Crippen LogP contribution in [0.25, 0.3) is 0 Å². The zero-order chi connectivity index (χ0) is 25.5. The third kappa shape index (κ3) is 5.37. The third-order valence-corrected chi connectivity index (χ3v) is 6.99. The maximum absolute atomic E-state index is 11.2. The lowest BCUT2D eigenvalue weighted by Gasteiger charge is -2.46. The standard InChI is InChI=1S/C28H37NO7/c1-27(2)33-23-22(32-26-25(24(23)34-27)35-28(3,4)36-26)21(20(31)17-30)29(15-18-11-7-5-8-12-18)16-19-13-9-6-10-14-19/h5-14,20-26,30-31H,15-17H2,1-4H3/t20-,21+,22+,23-,24-,25+,26+/m0/s1. The van der Waals surface area contributed by atoms with Crippen molar-refractivity contribution in [2.24, 2.45) is 0 Å². The van der Waals surface area contributed by atoms with E-state index in [0.717, 1.165) is 11.1 Å². The van der Waals surface area contributed by atoms with Gasteiger partial charge in [0, 0.05) is 13.1 Å². The lowest BCUT2D eigenvalue weighted by Crippen LogP contribution is -2.64. The molecule has 2 aromatic carbocycles. The minimum Gasteiger partial charge on any atom is -0.394 e. The molecule has 3 saturated heterocycles. The maximum atomic E-state index is 11.2. The van der Waals surface area contributed by atoms with Crippen LogP contribution in [0.2, 0.25) is 0 Å². The molecule has 7 atom stereocenters. The van der Waals surface area contributed by atoms with Gasteiger partial charge in [0.25, 0.3) is 0 Å². The average Bonchev–Trinajstić information content (AvgIpc) is 3.34. The Morgan fingerprint density at radius 3 is 1.81 bits per heavy atom. The smallest absolute Gasteiger partial charge is 0.190 e. The van der Waals surface area contributed by atoms with Crippen LogP contribution in [-0.2, 0) is 36.8 Å². The van der Waals surface area contributed by atoms with Gasteiger partial charge in [0.2, 0.25) is 0 Å². The molecule has 0 aromatic heterocycles. The van der Waals surface area contributed by atoms with Crippen LogP contribution in [0.15, 0.2) is 60.7 Å². The van der Waals surface area contributed by atoms with Crippen LogP contribution in [-0.4, -0.2) is 76.1 Å². The summed E-state index contributed by atoms with van der Waals surface area (Å²) in [6.45, 7) is 8.06. The monoisotopic (exact) mass is 499 g/mol. The fourth-order valence-electron chi connectivity index (χ4n) is 5.60. The molecule has 0 unspecified atom stereocenters. The van der Waals surface area contributed by atoms with Gasteiger partial charge >= 0.3 is 0 Å².